The molecule has 5 rings (SSSR count). The molecule has 2 aliphatic heterocycles. The van der Waals surface area contributed by atoms with Crippen molar-refractivity contribution in [1.29, 1.82) is 0 Å². The summed E-state index contributed by atoms with van der Waals surface area (Å²) >= 11 is 6.93. The first-order chi connectivity index (χ1) is 18.3. The van der Waals surface area contributed by atoms with Crippen molar-refractivity contribution in [2.45, 2.75) is 13.5 Å². The van der Waals surface area contributed by atoms with Gasteiger partial charge in [-0.3, -0.25) is 14.9 Å². The van der Waals surface area contributed by atoms with E-state index in [0.29, 0.717) is 46.2 Å². The molecule has 0 spiro atoms. The van der Waals surface area contributed by atoms with Gasteiger partial charge in [0.15, 0.2) is 23.0 Å². The van der Waals surface area contributed by atoms with Gasteiger partial charge in [0.25, 0.3) is 11.8 Å². The quantitative estimate of drug-likeness (QED) is 0.265. The van der Waals surface area contributed by atoms with Crippen LogP contribution >= 0.6 is 31.9 Å². The lowest BCUT2D eigenvalue weighted by Crippen LogP contribution is -2.54. The Kier molecular flexibility index (Phi) is 7.39. The van der Waals surface area contributed by atoms with Crippen LogP contribution in [0.4, 0.5) is 10.5 Å². The molecule has 0 aromatic heterocycles. The van der Waals surface area contributed by atoms with Crippen LogP contribution in [0.15, 0.2) is 69.1 Å². The normalized spacial score (nSPS) is 15.6. The summed E-state index contributed by atoms with van der Waals surface area (Å²) in [5, 5.41) is 2.22. The molecule has 1 saturated heterocycles. The van der Waals surface area contributed by atoms with E-state index >= 15 is 0 Å². The van der Waals surface area contributed by atoms with E-state index in [0.717, 1.165) is 14.9 Å². The van der Waals surface area contributed by atoms with E-state index in [9.17, 15) is 14.4 Å². The van der Waals surface area contributed by atoms with Gasteiger partial charge in [-0.05, 0) is 76.5 Å². The molecule has 2 aliphatic rings. The number of benzene rings is 3. The summed E-state index contributed by atoms with van der Waals surface area (Å²) in [4.78, 5) is 39.5. The number of nitrogens with zero attached hydrogens (tertiary/aromatic N) is 1. The lowest BCUT2D eigenvalue weighted by molar-refractivity contribution is -0.122. The van der Waals surface area contributed by atoms with Crippen molar-refractivity contribution in [3.63, 3.8) is 0 Å². The predicted octanol–water partition coefficient (Wildman–Crippen LogP) is 5.58. The van der Waals surface area contributed by atoms with E-state index in [-0.39, 0.29) is 18.1 Å². The summed E-state index contributed by atoms with van der Waals surface area (Å²) in [6.07, 6.45) is 1.40. The van der Waals surface area contributed by atoms with Crippen LogP contribution in [0.2, 0.25) is 0 Å². The van der Waals surface area contributed by atoms with E-state index in [4.69, 9.17) is 18.9 Å². The van der Waals surface area contributed by atoms with Gasteiger partial charge in [-0.15, -0.1) is 0 Å². The van der Waals surface area contributed by atoms with E-state index in [2.05, 4.69) is 37.2 Å². The zero-order valence-electron chi connectivity index (χ0n) is 20.0. The van der Waals surface area contributed by atoms with Crippen LogP contribution in [0.1, 0.15) is 18.1 Å². The highest BCUT2D eigenvalue weighted by atomic mass is 79.9. The van der Waals surface area contributed by atoms with Crippen molar-refractivity contribution in [2.24, 2.45) is 0 Å². The van der Waals surface area contributed by atoms with Gasteiger partial charge >= 0.3 is 6.03 Å². The van der Waals surface area contributed by atoms with E-state index in [1.165, 1.54) is 12.1 Å². The lowest BCUT2D eigenvalue weighted by atomic mass is 10.1. The predicted molar refractivity (Wildman–Crippen MR) is 145 cm³/mol. The fraction of sp³-hybridized carbons (Fsp3) is 0.148. The van der Waals surface area contributed by atoms with Crippen LogP contribution in [0.25, 0.3) is 6.08 Å². The first-order valence-electron chi connectivity index (χ1n) is 11.5. The largest absolute Gasteiger partial charge is 0.490 e. The number of nitrogens with one attached hydrogen (secondary N) is 1. The van der Waals surface area contributed by atoms with Crippen LogP contribution in [0.5, 0.6) is 23.0 Å². The highest BCUT2D eigenvalue weighted by molar-refractivity contribution is 9.10. The molecule has 38 heavy (non-hydrogen) atoms. The third kappa shape index (κ3) is 5.25. The highest BCUT2D eigenvalue weighted by Gasteiger charge is 2.37. The molecular weight excluding hydrogens is 624 g/mol. The van der Waals surface area contributed by atoms with E-state index in [1.807, 2.05) is 31.2 Å². The van der Waals surface area contributed by atoms with Crippen LogP contribution in [-0.2, 0) is 16.2 Å². The molecule has 0 aliphatic carbocycles. The Hall–Kier alpha value is -3.83. The molecule has 3 aromatic rings. The molecule has 3 aromatic carbocycles. The molecule has 9 nitrogen and oxygen atoms in total. The third-order valence-electron chi connectivity index (χ3n) is 5.66. The molecule has 0 atom stereocenters. The summed E-state index contributed by atoms with van der Waals surface area (Å²) < 4.78 is 24.0. The van der Waals surface area contributed by atoms with Crippen LogP contribution < -0.4 is 29.2 Å². The minimum atomic E-state index is -0.858. The Bertz CT molecular complexity index is 1470. The number of hydrogen-bond acceptors (Lipinski definition) is 7. The Balaban J connectivity index is 1.44. The zero-order chi connectivity index (χ0) is 26.8. The van der Waals surface area contributed by atoms with Crippen molar-refractivity contribution in [3.8, 4) is 23.0 Å². The summed E-state index contributed by atoms with van der Waals surface area (Å²) in [6, 6.07) is 14.9. The Labute approximate surface area is 234 Å². The van der Waals surface area contributed by atoms with Gasteiger partial charge in [0.05, 0.1) is 16.8 Å². The SMILES string of the molecule is CCOc1cc(/C=C2\C(=O)NC(=O)N(c3ccc4c(c3)OCO4)C2=O)cc(Br)c1OCc1ccc(Br)cc1. The highest BCUT2D eigenvalue weighted by Crippen LogP contribution is 2.39. The summed E-state index contributed by atoms with van der Waals surface area (Å²) in [6.45, 7) is 2.56. The maximum Gasteiger partial charge on any atom is 0.335 e. The van der Waals surface area contributed by atoms with Gasteiger partial charge in [-0.1, -0.05) is 28.1 Å². The summed E-state index contributed by atoms with van der Waals surface area (Å²) in [5.41, 5.74) is 1.48. The number of rotatable bonds is 7. The minimum Gasteiger partial charge on any atom is -0.490 e. The number of carbonyl (C=O) groups excluding carboxylic acids is 3. The van der Waals surface area contributed by atoms with E-state index < -0.39 is 17.8 Å². The fourth-order valence-corrected chi connectivity index (χ4v) is 4.73. The van der Waals surface area contributed by atoms with Gasteiger partial charge in [-0.2, -0.15) is 0 Å². The maximum atomic E-state index is 13.3. The topological polar surface area (TPSA) is 103 Å². The second-order valence-electron chi connectivity index (χ2n) is 8.17. The first-order valence-corrected chi connectivity index (χ1v) is 13.1. The van der Waals surface area contributed by atoms with Gasteiger partial charge in [-0.25, -0.2) is 9.69 Å². The Morgan fingerprint density at radius 3 is 2.50 bits per heavy atom. The second-order valence-corrected chi connectivity index (χ2v) is 9.94. The molecule has 1 fully saturated rings. The molecule has 0 saturated carbocycles. The van der Waals surface area contributed by atoms with Crippen molar-refractivity contribution in [2.75, 3.05) is 18.3 Å². The molecule has 1 N–H and O–H groups in total. The number of imide groups is 2. The van der Waals surface area contributed by atoms with Crippen molar-refractivity contribution < 1.29 is 33.3 Å². The molecule has 11 heteroatoms. The number of barbiturate groups is 1. The van der Waals surface area contributed by atoms with Crippen LogP contribution in [-0.4, -0.2) is 31.2 Å². The van der Waals surface area contributed by atoms with Gasteiger partial charge in [0.1, 0.15) is 12.2 Å². The van der Waals surface area contributed by atoms with Gasteiger partial charge in [0, 0.05) is 10.5 Å². The number of amides is 4. The van der Waals surface area contributed by atoms with Gasteiger partial charge in [0.2, 0.25) is 6.79 Å². The molecule has 0 radical (unpaired) electrons. The average Bonchev–Trinajstić information content (AvgIpc) is 3.35. The smallest absolute Gasteiger partial charge is 0.335 e. The number of halogens is 2. The summed E-state index contributed by atoms with van der Waals surface area (Å²) in [7, 11) is 0. The molecule has 0 unspecified atom stereocenters. The molecule has 2 heterocycles. The number of carbonyl (C=O) groups is 3. The number of anilines is 1. The maximum absolute atomic E-state index is 13.3. The van der Waals surface area contributed by atoms with Crippen molar-refractivity contribution >= 4 is 61.5 Å². The van der Waals surface area contributed by atoms with Crippen molar-refractivity contribution in [3.05, 3.63) is 80.2 Å². The Morgan fingerprint density at radius 2 is 1.74 bits per heavy atom. The first kappa shape index (κ1) is 25.8. The third-order valence-corrected chi connectivity index (χ3v) is 6.77. The second kappa shape index (κ2) is 10.9. The fourth-order valence-electron chi connectivity index (χ4n) is 3.89. The number of ether oxygens (including phenoxy) is 4. The van der Waals surface area contributed by atoms with Gasteiger partial charge < -0.3 is 18.9 Å². The molecular formula is C27H20Br2N2O7. The van der Waals surface area contributed by atoms with E-state index in [1.54, 1.807) is 24.3 Å². The van der Waals surface area contributed by atoms with Crippen LogP contribution in [0.3, 0.4) is 0 Å². The standard InChI is InChI=1S/C27H20Br2N2O7/c1-2-35-23-11-16(10-20(29)24(23)36-13-15-3-5-17(28)6-4-15)9-19-25(32)30-27(34)31(26(19)33)18-7-8-21-22(12-18)38-14-37-21/h3-12H,2,13-14H2,1H3,(H,30,32,34)/b19-9+. The Morgan fingerprint density at radius 1 is 0.974 bits per heavy atom. The summed E-state index contributed by atoms with van der Waals surface area (Å²) in [5.74, 6) is 0.228. The molecule has 0 bridgehead atoms. The number of urea groups is 1. The lowest BCUT2D eigenvalue weighted by Gasteiger charge is -2.26. The number of hydrogen-bond donors (Lipinski definition) is 1. The zero-order valence-corrected chi connectivity index (χ0v) is 23.1. The van der Waals surface area contributed by atoms with Crippen molar-refractivity contribution in [1.82, 2.24) is 5.32 Å². The average molecular weight is 644 g/mol. The monoisotopic (exact) mass is 642 g/mol. The van der Waals surface area contributed by atoms with Crippen LogP contribution in [0, 0.1) is 0 Å². The number of fused-ring (bicyclic) bond motifs is 1. The molecule has 4 amide bonds. The minimum absolute atomic E-state index is 0.0441. The molecule has 194 valence electrons.